The van der Waals surface area contributed by atoms with Gasteiger partial charge in [-0.1, -0.05) is 23.4 Å². The molecule has 0 saturated carbocycles. The van der Waals surface area contributed by atoms with Gasteiger partial charge in [0, 0.05) is 11.6 Å². The zero-order valence-corrected chi connectivity index (χ0v) is 18.6. The van der Waals surface area contributed by atoms with E-state index >= 15 is 0 Å². The summed E-state index contributed by atoms with van der Waals surface area (Å²) in [5.74, 6) is 1.32. The van der Waals surface area contributed by atoms with E-state index in [1.54, 1.807) is 30.5 Å². The number of aromatic nitrogens is 5. The number of hydrogen-bond donors (Lipinski definition) is 0. The van der Waals surface area contributed by atoms with Crippen LogP contribution in [0.4, 0.5) is 26.3 Å². The highest BCUT2D eigenvalue weighted by Crippen LogP contribution is 2.36. The molecule has 0 N–H and O–H groups in total. The van der Waals surface area contributed by atoms with Gasteiger partial charge in [-0.15, -0.1) is 5.10 Å². The Balaban J connectivity index is 1.36. The van der Waals surface area contributed by atoms with Crippen LogP contribution in [0.1, 0.15) is 11.4 Å². The molecule has 0 atom stereocenters. The summed E-state index contributed by atoms with van der Waals surface area (Å²) in [6.07, 6.45) is -8.44. The lowest BCUT2D eigenvalue weighted by molar-refractivity contribution is -0.143. The number of benzene rings is 3. The summed E-state index contributed by atoms with van der Waals surface area (Å²) in [4.78, 5) is 0. The van der Waals surface area contributed by atoms with Crippen LogP contribution in [0.5, 0.6) is 11.5 Å². The van der Waals surface area contributed by atoms with Crippen LogP contribution in [0, 0.1) is 0 Å². The maximum atomic E-state index is 13.3. The van der Waals surface area contributed by atoms with E-state index in [0.717, 1.165) is 5.56 Å². The van der Waals surface area contributed by atoms with E-state index in [1.165, 1.54) is 28.9 Å². The van der Waals surface area contributed by atoms with Crippen molar-refractivity contribution in [1.82, 2.24) is 24.8 Å². The van der Waals surface area contributed by atoms with Crippen molar-refractivity contribution >= 4 is 0 Å². The molecule has 2 heterocycles. The Bertz CT molecular complexity index is 1500. The van der Waals surface area contributed by atoms with E-state index in [2.05, 4.69) is 15.4 Å². The molecule has 5 aromatic rings. The van der Waals surface area contributed by atoms with Gasteiger partial charge in [0.1, 0.15) is 22.9 Å². The summed E-state index contributed by atoms with van der Waals surface area (Å²) < 4.78 is 86.2. The van der Waals surface area contributed by atoms with Gasteiger partial charge >= 0.3 is 12.4 Å². The average molecular weight is 515 g/mol. The average Bonchev–Trinajstić information content (AvgIpc) is 3.54. The molecule has 0 aliphatic carbocycles. The third kappa shape index (κ3) is 5.17. The largest absolute Gasteiger partial charge is 0.457 e. The predicted molar refractivity (Wildman–Crippen MR) is 120 cm³/mol. The van der Waals surface area contributed by atoms with E-state index in [-0.39, 0.29) is 16.4 Å². The Labute approximate surface area is 205 Å². The van der Waals surface area contributed by atoms with Crippen LogP contribution >= 0.6 is 0 Å². The first-order chi connectivity index (χ1) is 17.6. The smallest absolute Gasteiger partial charge is 0.435 e. The highest BCUT2D eigenvalue weighted by molar-refractivity contribution is 5.59. The van der Waals surface area contributed by atoms with E-state index in [4.69, 9.17) is 4.74 Å². The van der Waals surface area contributed by atoms with E-state index in [0.29, 0.717) is 22.9 Å². The van der Waals surface area contributed by atoms with Crippen LogP contribution in [0.15, 0.2) is 91.1 Å². The minimum Gasteiger partial charge on any atom is -0.457 e. The molecule has 0 fully saturated rings. The molecule has 0 unspecified atom stereocenters. The summed E-state index contributed by atoms with van der Waals surface area (Å²) in [7, 11) is 0. The van der Waals surface area contributed by atoms with Crippen LogP contribution < -0.4 is 4.74 Å². The van der Waals surface area contributed by atoms with Crippen molar-refractivity contribution in [1.29, 1.82) is 0 Å². The second-order valence-corrected chi connectivity index (χ2v) is 7.83. The van der Waals surface area contributed by atoms with Crippen LogP contribution in [0.2, 0.25) is 0 Å². The van der Waals surface area contributed by atoms with Gasteiger partial charge in [0.25, 0.3) is 0 Å². The number of alkyl halides is 6. The fourth-order valence-corrected chi connectivity index (χ4v) is 3.51. The van der Waals surface area contributed by atoms with Gasteiger partial charge in [-0.2, -0.15) is 31.4 Å². The Kier molecular flexibility index (Phi) is 5.94. The molecular weight excluding hydrogens is 500 g/mol. The van der Waals surface area contributed by atoms with E-state index in [1.807, 2.05) is 30.3 Å². The summed E-state index contributed by atoms with van der Waals surface area (Å²) in [5.41, 5.74) is -1.66. The topological polar surface area (TPSA) is 57.8 Å². The second-order valence-electron chi connectivity index (χ2n) is 7.83. The third-order valence-electron chi connectivity index (χ3n) is 5.27. The first kappa shape index (κ1) is 24.1. The summed E-state index contributed by atoms with van der Waals surface area (Å²) >= 11 is 0. The lowest BCUT2D eigenvalue weighted by Gasteiger charge is -2.10. The fraction of sp³-hybridized carbons (Fsp3) is 0.0800. The lowest BCUT2D eigenvalue weighted by Crippen LogP contribution is -2.13. The number of rotatable bonds is 5. The van der Waals surface area contributed by atoms with Crippen LogP contribution in [0.3, 0.4) is 0 Å². The molecule has 188 valence electrons. The molecular formula is C25H15F6N5O. The predicted octanol–water partition coefficient (Wildman–Crippen LogP) is 6.95. The molecule has 0 aliphatic heterocycles. The number of halogens is 6. The van der Waals surface area contributed by atoms with Crippen molar-refractivity contribution in [3.63, 3.8) is 0 Å². The quantitative estimate of drug-likeness (QED) is 0.238. The van der Waals surface area contributed by atoms with Crippen LogP contribution in [0.25, 0.3) is 22.6 Å². The Morgan fingerprint density at radius 2 is 1.30 bits per heavy atom. The van der Waals surface area contributed by atoms with Gasteiger partial charge < -0.3 is 4.74 Å². The number of ether oxygens (including phenoxy) is 1. The minimum atomic E-state index is -5.03. The van der Waals surface area contributed by atoms with Crippen molar-refractivity contribution in [3.05, 3.63) is 103 Å². The second kappa shape index (κ2) is 9.12. The zero-order chi connectivity index (χ0) is 26.2. The molecule has 0 radical (unpaired) electrons. The van der Waals surface area contributed by atoms with Crippen LogP contribution in [-0.2, 0) is 12.4 Å². The van der Waals surface area contributed by atoms with E-state index < -0.39 is 23.7 Å². The van der Waals surface area contributed by atoms with Gasteiger partial charge in [-0.25, -0.2) is 9.36 Å². The first-order valence-corrected chi connectivity index (χ1v) is 10.7. The van der Waals surface area contributed by atoms with Crippen molar-refractivity contribution < 1.29 is 31.1 Å². The molecule has 3 aromatic carbocycles. The molecule has 2 aromatic heterocycles. The maximum absolute atomic E-state index is 13.3. The van der Waals surface area contributed by atoms with E-state index in [9.17, 15) is 26.3 Å². The molecule has 5 rings (SSSR count). The number of para-hydroxylation sites is 1. The first-order valence-electron chi connectivity index (χ1n) is 10.7. The van der Waals surface area contributed by atoms with Crippen molar-refractivity contribution in [2.24, 2.45) is 0 Å². The standard InChI is InChI=1S/C25H15F6N5O/c26-24(27,28)22-14-23(25(29,30)31)36(33-22)18-10-8-17(9-11-18)35-15-21(32-34-35)16-6-12-20(13-7-16)37-19-4-2-1-3-5-19/h1-15H. The monoisotopic (exact) mass is 515 g/mol. The highest BCUT2D eigenvalue weighted by atomic mass is 19.4. The molecule has 0 amide bonds. The van der Waals surface area contributed by atoms with Crippen LogP contribution in [-0.4, -0.2) is 24.8 Å². The Hall–Kier alpha value is -4.61. The number of hydrogen-bond acceptors (Lipinski definition) is 4. The van der Waals surface area contributed by atoms with Crippen molar-refractivity contribution in [2.75, 3.05) is 0 Å². The zero-order valence-electron chi connectivity index (χ0n) is 18.6. The van der Waals surface area contributed by atoms with Gasteiger partial charge in [-0.05, 0) is 60.7 Å². The molecule has 0 aliphatic rings. The fourth-order valence-electron chi connectivity index (χ4n) is 3.51. The minimum absolute atomic E-state index is 0.0201. The third-order valence-corrected chi connectivity index (χ3v) is 5.27. The summed E-state index contributed by atoms with van der Waals surface area (Å²) in [6.45, 7) is 0. The normalized spacial score (nSPS) is 12.1. The van der Waals surface area contributed by atoms with Gasteiger partial charge in [0.05, 0.1) is 17.6 Å². The van der Waals surface area contributed by atoms with Gasteiger partial charge in [-0.3, -0.25) is 0 Å². The number of nitrogens with zero attached hydrogens (tertiary/aromatic N) is 5. The van der Waals surface area contributed by atoms with Gasteiger partial charge in [0.2, 0.25) is 0 Å². The molecule has 6 nitrogen and oxygen atoms in total. The molecule has 0 spiro atoms. The molecule has 0 saturated heterocycles. The Morgan fingerprint density at radius 3 is 1.92 bits per heavy atom. The summed E-state index contributed by atoms with van der Waals surface area (Å²) in [5, 5.41) is 11.3. The summed E-state index contributed by atoms with van der Waals surface area (Å²) in [6, 6.07) is 21.6. The van der Waals surface area contributed by atoms with Gasteiger partial charge in [0.15, 0.2) is 5.69 Å². The molecule has 37 heavy (non-hydrogen) atoms. The Morgan fingerprint density at radius 1 is 0.676 bits per heavy atom. The highest BCUT2D eigenvalue weighted by Gasteiger charge is 2.42. The molecule has 12 heteroatoms. The molecule has 0 bridgehead atoms. The maximum Gasteiger partial charge on any atom is 0.435 e. The van der Waals surface area contributed by atoms with Crippen molar-refractivity contribution in [3.8, 4) is 34.1 Å². The van der Waals surface area contributed by atoms with Crippen molar-refractivity contribution in [2.45, 2.75) is 12.4 Å². The SMILES string of the molecule is FC(F)(F)c1cc(C(F)(F)F)n(-c2ccc(-n3cc(-c4ccc(Oc5ccccc5)cc4)nn3)cc2)n1. The lowest BCUT2D eigenvalue weighted by atomic mass is 10.1.